The summed E-state index contributed by atoms with van der Waals surface area (Å²) < 4.78 is 5.13. The summed E-state index contributed by atoms with van der Waals surface area (Å²) in [6.07, 6.45) is 0.889. The van der Waals surface area contributed by atoms with Crippen LogP contribution in [0, 0.1) is 6.92 Å². The molecule has 2 aromatic rings. The van der Waals surface area contributed by atoms with E-state index < -0.39 is 0 Å². The average molecular weight is 432 g/mol. The average Bonchev–Trinajstić information content (AvgIpc) is 2.91. The summed E-state index contributed by atoms with van der Waals surface area (Å²) in [6, 6.07) is 8.02. The standard InChI is InChI=1S/C15H20N4OS.HI/c1-11-14(21-10-19-11)9-18-15(16)17-8-7-12-3-5-13(20-2)6-4-12;/h3-6,10H,7-9H2,1-2H3,(H3,16,17,18);1H. The normalized spacial score (nSPS) is 10.9. The van der Waals surface area contributed by atoms with Crippen molar-refractivity contribution in [1.82, 2.24) is 10.3 Å². The summed E-state index contributed by atoms with van der Waals surface area (Å²) in [5.41, 5.74) is 9.93. The molecule has 0 aliphatic rings. The minimum atomic E-state index is 0. The van der Waals surface area contributed by atoms with E-state index in [1.807, 2.05) is 24.6 Å². The van der Waals surface area contributed by atoms with Crippen molar-refractivity contribution in [1.29, 1.82) is 0 Å². The number of benzene rings is 1. The van der Waals surface area contributed by atoms with Crippen LogP contribution in [0.4, 0.5) is 0 Å². The first-order chi connectivity index (χ1) is 10.2. The van der Waals surface area contributed by atoms with Gasteiger partial charge in [0.15, 0.2) is 5.96 Å². The summed E-state index contributed by atoms with van der Waals surface area (Å²) in [5.74, 6) is 1.34. The van der Waals surface area contributed by atoms with Crippen LogP contribution >= 0.6 is 35.3 Å². The van der Waals surface area contributed by atoms with Crippen LogP contribution < -0.4 is 15.8 Å². The van der Waals surface area contributed by atoms with Crippen molar-refractivity contribution in [3.8, 4) is 5.75 Å². The highest BCUT2D eigenvalue weighted by Crippen LogP contribution is 2.13. The molecule has 5 nitrogen and oxygen atoms in total. The van der Waals surface area contributed by atoms with Crippen LogP contribution in [0.15, 0.2) is 34.8 Å². The van der Waals surface area contributed by atoms with Crippen molar-refractivity contribution < 1.29 is 4.74 Å². The molecule has 3 N–H and O–H groups in total. The van der Waals surface area contributed by atoms with Crippen LogP contribution in [-0.4, -0.2) is 24.6 Å². The number of nitrogens with one attached hydrogen (secondary N) is 1. The zero-order valence-electron chi connectivity index (χ0n) is 12.7. The predicted molar refractivity (Wildman–Crippen MR) is 102 cm³/mol. The fourth-order valence-electron chi connectivity index (χ4n) is 1.82. The molecule has 0 saturated heterocycles. The molecule has 0 radical (unpaired) electrons. The summed E-state index contributed by atoms with van der Waals surface area (Å²) in [4.78, 5) is 9.66. The highest BCUT2D eigenvalue weighted by molar-refractivity contribution is 14.0. The molecule has 120 valence electrons. The van der Waals surface area contributed by atoms with Crippen molar-refractivity contribution in [3.63, 3.8) is 0 Å². The number of nitrogens with two attached hydrogens (primary N) is 1. The smallest absolute Gasteiger partial charge is 0.188 e. The topological polar surface area (TPSA) is 72.5 Å². The summed E-state index contributed by atoms with van der Waals surface area (Å²) in [7, 11) is 1.67. The van der Waals surface area contributed by atoms with Crippen LogP contribution in [0.25, 0.3) is 0 Å². The first kappa shape index (κ1) is 18.7. The number of aryl methyl sites for hydroxylation is 1. The highest BCUT2D eigenvalue weighted by Gasteiger charge is 2.00. The molecule has 0 spiro atoms. The van der Waals surface area contributed by atoms with E-state index in [4.69, 9.17) is 10.5 Å². The van der Waals surface area contributed by atoms with Crippen LogP contribution in [0.1, 0.15) is 16.1 Å². The number of nitrogens with zero attached hydrogens (tertiary/aromatic N) is 2. The van der Waals surface area contributed by atoms with Gasteiger partial charge >= 0.3 is 0 Å². The third kappa shape index (κ3) is 5.80. The number of rotatable bonds is 6. The summed E-state index contributed by atoms with van der Waals surface area (Å²) in [6.45, 7) is 3.32. The van der Waals surface area contributed by atoms with Crippen LogP contribution in [-0.2, 0) is 13.0 Å². The van der Waals surface area contributed by atoms with E-state index in [9.17, 15) is 0 Å². The monoisotopic (exact) mass is 432 g/mol. The number of hydrogen-bond donors (Lipinski definition) is 2. The second-order valence-electron chi connectivity index (χ2n) is 4.59. The molecule has 0 fully saturated rings. The Hall–Kier alpha value is -1.35. The van der Waals surface area contributed by atoms with Crippen molar-refractivity contribution in [2.75, 3.05) is 13.7 Å². The van der Waals surface area contributed by atoms with Crippen molar-refractivity contribution >= 4 is 41.3 Å². The molecule has 22 heavy (non-hydrogen) atoms. The summed E-state index contributed by atoms with van der Waals surface area (Å²) >= 11 is 1.60. The van der Waals surface area contributed by atoms with Gasteiger partial charge in [0.1, 0.15) is 5.75 Å². The van der Waals surface area contributed by atoms with Gasteiger partial charge in [-0.25, -0.2) is 9.98 Å². The Labute approximate surface area is 152 Å². The van der Waals surface area contributed by atoms with Gasteiger partial charge in [0.25, 0.3) is 0 Å². The lowest BCUT2D eigenvalue weighted by Crippen LogP contribution is -2.33. The predicted octanol–water partition coefficient (Wildman–Crippen LogP) is 2.73. The van der Waals surface area contributed by atoms with E-state index in [0.29, 0.717) is 12.5 Å². The van der Waals surface area contributed by atoms with Crippen molar-refractivity contribution in [2.45, 2.75) is 19.9 Å². The Morgan fingerprint density at radius 1 is 1.36 bits per heavy atom. The van der Waals surface area contributed by atoms with Crippen LogP contribution in [0.3, 0.4) is 0 Å². The molecule has 0 aliphatic heterocycles. The Bertz CT molecular complexity index is 598. The Morgan fingerprint density at radius 2 is 2.09 bits per heavy atom. The maximum absolute atomic E-state index is 5.85. The van der Waals surface area contributed by atoms with Gasteiger partial charge in [-0.15, -0.1) is 35.3 Å². The van der Waals surface area contributed by atoms with E-state index in [1.165, 1.54) is 5.56 Å². The molecule has 0 amide bonds. The highest BCUT2D eigenvalue weighted by atomic mass is 127. The molecule has 1 aromatic heterocycles. The molecule has 0 bridgehead atoms. The van der Waals surface area contributed by atoms with E-state index in [2.05, 4.69) is 27.4 Å². The zero-order chi connectivity index (χ0) is 15.1. The number of guanidine groups is 1. The van der Waals surface area contributed by atoms with Gasteiger partial charge in [0, 0.05) is 11.4 Å². The first-order valence-electron chi connectivity index (χ1n) is 6.74. The van der Waals surface area contributed by atoms with Gasteiger partial charge in [-0.2, -0.15) is 0 Å². The summed E-state index contributed by atoms with van der Waals surface area (Å²) in [5, 5.41) is 3.12. The number of aliphatic imine (C=N–C) groups is 1. The van der Waals surface area contributed by atoms with E-state index in [-0.39, 0.29) is 24.0 Å². The van der Waals surface area contributed by atoms with Gasteiger partial charge < -0.3 is 15.8 Å². The van der Waals surface area contributed by atoms with E-state index >= 15 is 0 Å². The minimum absolute atomic E-state index is 0. The molecule has 7 heteroatoms. The number of ether oxygens (including phenoxy) is 1. The number of hydrogen-bond acceptors (Lipinski definition) is 4. The fourth-order valence-corrected chi connectivity index (χ4v) is 2.52. The molecule has 0 unspecified atom stereocenters. The molecule has 0 aliphatic carbocycles. The number of aromatic nitrogens is 1. The van der Waals surface area contributed by atoms with Gasteiger partial charge in [-0.3, -0.25) is 0 Å². The maximum atomic E-state index is 5.85. The maximum Gasteiger partial charge on any atom is 0.188 e. The van der Waals surface area contributed by atoms with Crippen molar-refractivity contribution in [3.05, 3.63) is 45.9 Å². The second kappa shape index (κ2) is 9.62. The lowest BCUT2D eigenvalue weighted by molar-refractivity contribution is 0.414. The lowest BCUT2D eigenvalue weighted by atomic mass is 10.1. The second-order valence-corrected chi connectivity index (χ2v) is 5.53. The number of thiazole rings is 1. The van der Waals surface area contributed by atoms with E-state index in [1.54, 1.807) is 18.4 Å². The Kier molecular flexibility index (Phi) is 8.18. The number of halogens is 1. The van der Waals surface area contributed by atoms with Gasteiger partial charge in [0.05, 0.1) is 24.9 Å². The largest absolute Gasteiger partial charge is 0.497 e. The SMILES string of the molecule is COc1ccc(CCNC(N)=NCc2scnc2C)cc1.I. The molecule has 2 rings (SSSR count). The van der Waals surface area contributed by atoms with Gasteiger partial charge in [0.2, 0.25) is 0 Å². The Balaban J connectivity index is 0.00000242. The third-order valence-electron chi connectivity index (χ3n) is 3.12. The third-order valence-corrected chi connectivity index (χ3v) is 4.04. The molecule has 1 aromatic carbocycles. The van der Waals surface area contributed by atoms with Crippen molar-refractivity contribution in [2.24, 2.45) is 10.7 Å². The van der Waals surface area contributed by atoms with Gasteiger partial charge in [-0.1, -0.05) is 12.1 Å². The minimum Gasteiger partial charge on any atom is -0.497 e. The molecule has 1 heterocycles. The molecular weight excluding hydrogens is 411 g/mol. The zero-order valence-corrected chi connectivity index (χ0v) is 15.9. The Morgan fingerprint density at radius 3 is 2.68 bits per heavy atom. The van der Waals surface area contributed by atoms with Gasteiger partial charge in [-0.05, 0) is 31.0 Å². The number of methoxy groups -OCH3 is 1. The quantitative estimate of drug-likeness (QED) is 0.419. The first-order valence-corrected chi connectivity index (χ1v) is 7.62. The van der Waals surface area contributed by atoms with Crippen LogP contribution in [0.2, 0.25) is 0 Å². The molecule has 0 atom stereocenters. The lowest BCUT2D eigenvalue weighted by Gasteiger charge is -2.06. The fraction of sp³-hybridized carbons (Fsp3) is 0.333. The molecular formula is C15H21IN4OS. The van der Waals surface area contributed by atoms with E-state index in [0.717, 1.165) is 29.3 Å². The van der Waals surface area contributed by atoms with Crippen LogP contribution in [0.5, 0.6) is 5.75 Å². The molecule has 0 saturated carbocycles.